The van der Waals surface area contributed by atoms with Gasteiger partial charge < -0.3 is 0 Å². The van der Waals surface area contributed by atoms with Crippen molar-refractivity contribution in [2.75, 3.05) is 0 Å². The first-order valence-electron chi connectivity index (χ1n) is 7.70. The maximum atomic E-state index is 10.3. The zero-order valence-electron chi connectivity index (χ0n) is 14.1. The first-order chi connectivity index (χ1) is 9.86. The van der Waals surface area contributed by atoms with Crippen molar-refractivity contribution in [2.45, 2.75) is 53.9 Å². The van der Waals surface area contributed by atoms with Crippen LogP contribution in [0.25, 0.3) is 0 Å². The van der Waals surface area contributed by atoms with Crippen LogP contribution in [0.3, 0.4) is 0 Å². The number of hydrogen-bond donors (Lipinski definition) is 0. The van der Waals surface area contributed by atoms with E-state index in [2.05, 4.69) is 45.9 Å². The van der Waals surface area contributed by atoms with E-state index in [0.29, 0.717) is 0 Å². The van der Waals surface area contributed by atoms with Crippen LogP contribution in [0.5, 0.6) is 0 Å². The summed E-state index contributed by atoms with van der Waals surface area (Å²) in [5.41, 5.74) is 5.51. The molecule has 0 saturated carbocycles. The molecule has 0 radical (unpaired) electrons. The summed E-state index contributed by atoms with van der Waals surface area (Å²) in [4.78, 5) is 10.3. The Bertz CT molecular complexity index is 522. The van der Waals surface area contributed by atoms with Gasteiger partial charge in [0.2, 0.25) is 0 Å². The van der Waals surface area contributed by atoms with Crippen molar-refractivity contribution in [1.29, 1.82) is 0 Å². The van der Waals surface area contributed by atoms with Gasteiger partial charge in [0, 0.05) is 0 Å². The molecule has 0 aromatic carbocycles. The predicted octanol–water partition coefficient (Wildman–Crippen LogP) is 5.72. The average molecular weight is 284 g/mol. The van der Waals surface area contributed by atoms with Gasteiger partial charge in [-0.05, 0) is 62.7 Å². The summed E-state index contributed by atoms with van der Waals surface area (Å²) >= 11 is 0. The van der Waals surface area contributed by atoms with Crippen molar-refractivity contribution < 1.29 is 4.79 Å². The fraction of sp³-hybridized carbons (Fsp3) is 0.450. The molecule has 1 rings (SSSR count). The molecule has 0 saturated heterocycles. The van der Waals surface area contributed by atoms with Gasteiger partial charge >= 0.3 is 0 Å². The molecule has 0 N–H and O–H groups in total. The van der Waals surface area contributed by atoms with E-state index < -0.39 is 0 Å². The van der Waals surface area contributed by atoms with Crippen LogP contribution in [0.4, 0.5) is 0 Å². The Balaban J connectivity index is 2.74. The molecule has 0 atom stereocenters. The fourth-order valence-corrected chi connectivity index (χ4v) is 2.72. The SMILES string of the molecule is CC1=CCCC(C)(C)/C1=C/C/C(C)=C/C=C/C(C)=C/C=O. The van der Waals surface area contributed by atoms with Crippen LogP contribution in [0.1, 0.15) is 53.9 Å². The zero-order chi connectivity index (χ0) is 15.9. The lowest BCUT2D eigenvalue weighted by molar-refractivity contribution is -0.104. The minimum absolute atomic E-state index is 0.290. The minimum Gasteiger partial charge on any atom is -0.299 e. The number of hydrogen-bond acceptors (Lipinski definition) is 1. The highest BCUT2D eigenvalue weighted by Gasteiger charge is 2.26. The molecule has 1 nitrogen and oxygen atoms in total. The van der Waals surface area contributed by atoms with Crippen LogP contribution >= 0.6 is 0 Å². The summed E-state index contributed by atoms with van der Waals surface area (Å²) in [6.07, 6.45) is 16.6. The standard InChI is InChI=1S/C20H28O/c1-16(8-6-9-17(2)13-15-21)11-12-19-18(3)10-7-14-20(19,4)5/h6,8-10,12-13,15H,7,11,14H2,1-5H3/b9-6+,16-8+,17-13+,19-12+. The van der Waals surface area contributed by atoms with Crippen molar-refractivity contribution in [2.24, 2.45) is 5.41 Å². The third-order valence-electron chi connectivity index (χ3n) is 4.07. The van der Waals surface area contributed by atoms with Gasteiger partial charge in [0.25, 0.3) is 0 Å². The van der Waals surface area contributed by atoms with Gasteiger partial charge in [-0.25, -0.2) is 0 Å². The van der Waals surface area contributed by atoms with Gasteiger partial charge in [0.1, 0.15) is 6.29 Å². The van der Waals surface area contributed by atoms with Crippen molar-refractivity contribution in [3.63, 3.8) is 0 Å². The Morgan fingerprint density at radius 1 is 1.29 bits per heavy atom. The molecular formula is C20H28O. The molecule has 0 spiro atoms. The van der Waals surface area contributed by atoms with Crippen LogP contribution < -0.4 is 0 Å². The lowest BCUT2D eigenvalue weighted by Gasteiger charge is -2.32. The van der Waals surface area contributed by atoms with Crippen LogP contribution in [-0.4, -0.2) is 6.29 Å². The molecule has 1 aliphatic rings. The van der Waals surface area contributed by atoms with Gasteiger partial charge in [0.15, 0.2) is 0 Å². The maximum Gasteiger partial charge on any atom is 0.143 e. The molecule has 0 fully saturated rings. The minimum atomic E-state index is 0.290. The molecule has 1 heteroatoms. The first-order valence-corrected chi connectivity index (χ1v) is 7.70. The Labute approximate surface area is 129 Å². The summed E-state index contributed by atoms with van der Waals surface area (Å²) in [6, 6.07) is 0. The second kappa shape index (κ2) is 7.97. The number of rotatable bonds is 5. The number of carbonyl (C=O) groups excluding carboxylic acids is 1. The summed E-state index contributed by atoms with van der Waals surface area (Å²) in [5.74, 6) is 0. The molecule has 0 bridgehead atoms. The normalized spacial score (nSPS) is 21.8. The Kier molecular flexibility index (Phi) is 6.61. The molecule has 0 heterocycles. The summed E-state index contributed by atoms with van der Waals surface area (Å²) in [5, 5.41) is 0. The van der Waals surface area contributed by atoms with E-state index in [9.17, 15) is 4.79 Å². The summed E-state index contributed by atoms with van der Waals surface area (Å²) in [7, 11) is 0. The van der Waals surface area contributed by atoms with E-state index in [0.717, 1.165) is 18.3 Å². The monoisotopic (exact) mass is 284 g/mol. The van der Waals surface area contributed by atoms with Crippen molar-refractivity contribution in [3.8, 4) is 0 Å². The van der Waals surface area contributed by atoms with Gasteiger partial charge in [-0.15, -0.1) is 0 Å². The number of allylic oxidation sites excluding steroid dienone is 10. The highest BCUT2D eigenvalue weighted by molar-refractivity contribution is 5.66. The van der Waals surface area contributed by atoms with Gasteiger partial charge in [-0.3, -0.25) is 4.79 Å². The van der Waals surface area contributed by atoms with E-state index >= 15 is 0 Å². The third kappa shape index (κ3) is 5.71. The smallest absolute Gasteiger partial charge is 0.143 e. The van der Waals surface area contributed by atoms with Crippen LogP contribution in [0, 0.1) is 5.41 Å². The Morgan fingerprint density at radius 3 is 2.62 bits per heavy atom. The summed E-state index contributed by atoms with van der Waals surface area (Å²) < 4.78 is 0. The average Bonchev–Trinajstić information content (AvgIpc) is 2.37. The molecule has 0 unspecified atom stereocenters. The van der Waals surface area contributed by atoms with E-state index in [1.165, 1.54) is 29.6 Å². The fourth-order valence-electron chi connectivity index (χ4n) is 2.72. The second-order valence-electron chi connectivity index (χ2n) is 6.55. The topological polar surface area (TPSA) is 17.1 Å². The maximum absolute atomic E-state index is 10.3. The first kappa shape index (κ1) is 17.4. The van der Waals surface area contributed by atoms with Crippen molar-refractivity contribution in [1.82, 2.24) is 0 Å². The van der Waals surface area contributed by atoms with E-state index in [4.69, 9.17) is 0 Å². The predicted molar refractivity (Wildman–Crippen MR) is 92.2 cm³/mol. The van der Waals surface area contributed by atoms with Gasteiger partial charge in [0.05, 0.1) is 0 Å². The van der Waals surface area contributed by atoms with E-state index in [-0.39, 0.29) is 5.41 Å². The van der Waals surface area contributed by atoms with Crippen molar-refractivity contribution >= 4 is 6.29 Å². The second-order valence-corrected chi connectivity index (χ2v) is 6.55. The largest absolute Gasteiger partial charge is 0.299 e. The number of aldehydes is 1. The van der Waals surface area contributed by atoms with Crippen LogP contribution in [0.2, 0.25) is 0 Å². The molecule has 0 aromatic heterocycles. The lowest BCUT2D eigenvalue weighted by Crippen LogP contribution is -2.18. The van der Waals surface area contributed by atoms with E-state index in [1.54, 1.807) is 6.08 Å². The van der Waals surface area contributed by atoms with Gasteiger partial charge in [-0.1, -0.05) is 55.4 Å². The third-order valence-corrected chi connectivity index (χ3v) is 4.07. The molecule has 21 heavy (non-hydrogen) atoms. The molecule has 0 amide bonds. The molecule has 1 aliphatic carbocycles. The highest BCUT2D eigenvalue weighted by atomic mass is 16.1. The molecule has 114 valence electrons. The molecule has 0 aliphatic heterocycles. The Hall–Kier alpha value is -1.63. The molecular weight excluding hydrogens is 256 g/mol. The van der Waals surface area contributed by atoms with Crippen LogP contribution in [0.15, 0.2) is 58.7 Å². The van der Waals surface area contributed by atoms with Crippen molar-refractivity contribution in [3.05, 3.63) is 58.7 Å². The Morgan fingerprint density at radius 2 is 2.00 bits per heavy atom. The summed E-state index contributed by atoms with van der Waals surface area (Å²) in [6.45, 7) is 11.0. The van der Waals surface area contributed by atoms with Crippen LogP contribution in [-0.2, 0) is 4.79 Å². The highest BCUT2D eigenvalue weighted by Crippen LogP contribution is 2.40. The lowest BCUT2D eigenvalue weighted by atomic mass is 9.73. The van der Waals surface area contributed by atoms with E-state index in [1.807, 2.05) is 19.1 Å². The number of carbonyl (C=O) groups is 1. The molecule has 0 aromatic rings. The quantitative estimate of drug-likeness (QED) is 0.358. The van der Waals surface area contributed by atoms with Gasteiger partial charge in [-0.2, -0.15) is 0 Å². The zero-order valence-corrected chi connectivity index (χ0v) is 14.1.